The summed E-state index contributed by atoms with van der Waals surface area (Å²) in [7, 11) is 0. The van der Waals surface area contributed by atoms with E-state index >= 15 is 0 Å². The fraction of sp³-hybridized carbons (Fsp3) is 0.632. The van der Waals surface area contributed by atoms with Crippen molar-refractivity contribution in [2.24, 2.45) is 5.92 Å². The standard InChI is InChI=1S/C19H26N2O3/c1-3-13-4-6-14(7-5-13)21(15-8-9-15)18(22)17-11-10-16(19(23)24)12(2)20-17/h10-11,13-15H,3-9H2,1-2H3,(H,23,24). The van der Waals surface area contributed by atoms with Crippen LogP contribution in [0.25, 0.3) is 0 Å². The number of hydrogen-bond acceptors (Lipinski definition) is 3. The van der Waals surface area contributed by atoms with Gasteiger partial charge in [-0.15, -0.1) is 0 Å². The topological polar surface area (TPSA) is 70.5 Å². The van der Waals surface area contributed by atoms with E-state index in [9.17, 15) is 9.59 Å². The largest absolute Gasteiger partial charge is 0.478 e. The molecule has 3 rings (SSSR count). The van der Waals surface area contributed by atoms with Crippen LogP contribution in [0.4, 0.5) is 0 Å². The Bertz CT molecular complexity index is 631. The molecule has 0 unspecified atom stereocenters. The quantitative estimate of drug-likeness (QED) is 0.894. The Morgan fingerprint density at radius 3 is 2.17 bits per heavy atom. The lowest BCUT2D eigenvalue weighted by Gasteiger charge is -2.37. The van der Waals surface area contributed by atoms with Crippen LogP contribution in [0, 0.1) is 12.8 Å². The van der Waals surface area contributed by atoms with Crippen LogP contribution >= 0.6 is 0 Å². The van der Waals surface area contributed by atoms with Gasteiger partial charge in [-0.3, -0.25) is 4.79 Å². The minimum atomic E-state index is -1.00. The van der Waals surface area contributed by atoms with E-state index in [0.29, 0.717) is 23.5 Å². The van der Waals surface area contributed by atoms with E-state index in [0.717, 1.165) is 31.6 Å². The lowest BCUT2D eigenvalue weighted by Crippen LogP contribution is -2.44. The number of aromatic carboxylic acids is 1. The Kier molecular flexibility index (Phi) is 4.88. The smallest absolute Gasteiger partial charge is 0.337 e. The van der Waals surface area contributed by atoms with Crippen LogP contribution in [0.15, 0.2) is 12.1 Å². The van der Waals surface area contributed by atoms with Crippen LogP contribution in [0.5, 0.6) is 0 Å². The summed E-state index contributed by atoms with van der Waals surface area (Å²) < 4.78 is 0. The number of pyridine rings is 1. The van der Waals surface area contributed by atoms with Gasteiger partial charge in [0.1, 0.15) is 5.69 Å². The van der Waals surface area contributed by atoms with Crippen LogP contribution in [0.3, 0.4) is 0 Å². The molecule has 1 aromatic heterocycles. The summed E-state index contributed by atoms with van der Waals surface area (Å²) >= 11 is 0. The molecule has 2 fully saturated rings. The number of carbonyl (C=O) groups is 2. The highest BCUT2D eigenvalue weighted by Gasteiger charge is 2.39. The summed E-state index contributed by atoms with van der Waals surface area (Å²) in [5, 5.41) is 9.12. The third kappa shape index (κ3) is 3.45. The van der Waals surface area contributed by atoms with Crippen LogP contribution in [0.1, 0.15) is 78.4 Å². The Hall–Kier alpha value is -1.91. The number of carboxylic acid groups (broad SMARTS) is 1. The lowest BCUT2D eigenvalue weighted by atomic mass is 9.83. The average Bonchev–Trinajstić information content (AvgIpc) is 3.40. The molecule has 2 aliphatic carbocycles. The van der Waals surface area contributed by atoms with E-state index in [2.05, 4.69) is 11.9 Å². The number of hydrogen-bond donors (Lipinski definition) is 1. The molecule has 24 heavy (non-hydrogen) atoms. The number of carboxylic acids is 1. The van der Waals surface area contributed by atoms with Gasteiger partial charge in [0, 0.05) is 12.1 Å². The number of nitrogens with zero attached hydrogens (tertiary/aromatic N) is 2. The lowest BCUT2D eigenvalue weighted by molar-refractivity contribution is 0.0579. The van der Waals surface area contributed by atoms with E-state index in [1.54, 1.807) is 13.0 Å². The molecule has 5 heteroatoms. The maximum atomic E-state index is 13.0. The van der Waals surface area contributed by atoms with Gasteiger partial charge < -0.3 is 10.0 Å². The van der Waals surface area contributed by atoms with Crippen molar-refractivity contribution >= 4 is 11.9 Å². The van der Waals surface area contributed by atoms with Crippen molar-refractivity contribution in [2.75, 3.05) is 0 Å². The second-order valence-electron chi connectivity index (χ2n) is 7.16. The highest BCUT2D eigenvalue weighted by Crippen LogP contribution is 2.37. The van der Waals surface area contributed by atoms with Gasteiger partial charge in [0.05, 0.1) is 11.3 Å². The molecule has 0 spiro atoms. The third-order valence-corrected chi connectivity index (χ3v) is 5.50. The Labute approximate surface area is 143 Å². The van der Waals surface area contributed by atoms with E-state index in [-0.39, 0.29) is 11.5 Å². The number of amides is 1. The zero-order valence-electron chi connectivity index (χ0n) is 14.5. The van der Waals surface area contributed by atoms with Gasteiger partial charge >= 0.3 is 5.97 Å². The predicted octanol–water partition coefficient (Wildman–Crippen LogP) is 3.66. The van der Waals surface area contributed by atoms with E-state index in [1.807, 2.05) is 4.90 Å². The number of aromatic nitrogens is 1. The number of aryl methyl sites for hydroxylation is 1. The molecular formula is C19H26N2O3. The Morgan fingerprint density at radius 2 is 1.71 bits per heavy atom. The summed E-state index contributed by atoms with van der Waals surface area (Å²) in [6.45, 7) is 3.89. The van der Waals surface area contributed by atoms with Crippen molar-refractivity contribution in [1.82, 2.24) is 9.88 Å². The monoisotopic (exact) mass is 330 g/mol. The molecule has 0 aliphatic heterocycles. The molecule has 1 heterocycles. The first-order valence-electron chi connectivity index (χ1n) is 9.04. The molecule has 0 saturated heterocycles. The zero-order chi connectivity index (χ0) is 17.3. The molecule has 0 atom stereocenters. The van der Waals surface area contributed by atoms with Gasteiger partial charge in [0.15, 0.2) is 0 Å². The number of carbonyl (C=O) groups excluding carboxylic acids is 1. The molecule has 0 aromatic carbocycles. The van der Waals surface area contributed by atoms with Gasteiger partial charge in [-0.25, -0.2) is 9.78 Å². The first kappa shape index (κ1) is 16.9. The van der Waals surface area contributed by atoms with Crippen molar-refractivity contribution in [1.29, 1.82) is 0 Å². The molecular weight excluding hydrogens is 304 g/mol. The Balaban J connectivity index is 1.78. The maximum absolute atomic E-state index is 13.0. The van der Waals surface area contributed by atoms with Crippen LogP contribution in [0.2, 0.25) is 0 Å². The SMILES string of the molecule is CCC1CCC(N(C(=O)c2ccc(C(=O)O)c(C)n2)C2CC2)CC1. The second kappa shape index (κ2) is 6.91. The fourth-order valence-corrected chi connectivity index (χ4v) is 3.85. The van der Waals surface area contributed by atoms with Gasteiger partial charge in [0.2, 0.25) is 0 Å². The molecule has 130 valence electrons. The normalized spacial score (nSPS) is 23.8. The van der Waals surface area contributed by atoms with Crippen molar-refractivity contribution < 1.29 is 14.7 Å². The summed E-state index contributed by atoms with van der Waals surface area (Å²) in [6.07, 6.45) is 7.92. The predicted molar refractivity (Wildman–Crippen MR) is 91.2 cm³/mol. The van der Waals surface area contributed by atoms with Gasteiger partial charge in [-0.05, 0) is 63.5 Å². The molecule has 1 N–H and O–H groups in total. The minimum Gasteiger partial charge on any atom is -0.478 e. The molecule has 1 amide bonds. The number of rotatable bonds is 5. The van der Waals surface area contributed by atoms with E-state index in [1.165, 1.54) is 25.3 Å². The Morgan fingerprint density at radius 1 is 1.12 bits per heavy atom. The van der Waals surface area contributed by atoms with Crippen molar-refractivity contribution in [3.63, 3.8) is 0 Å². The van der Waals surface area contributed by atoms with Gasteiger partial charge in [0.25, 0.3) is 5.91 Å². The van der Waals surface area contributed by atoms with Crippen LogP contribution in [-0.2, 0) is 0 Å². The molecule has 2 saturated carbocycles. The average molecular weight is 330 g/mol. The van der Waals surface area contributed by atoms with Crippen LogP contribution in [-0.4, -0.2) is 39.0 Å². The van der Waals surface area contributed by atoms with Crippen molar-refractivity contribution in [2.45, 2.75) is 70.9 Å². The van der Waals surface area contributed by atoms with E-state index in [4.69, 9.17) is 5.11 Å². The first-order chi connectivity index (χ1) is 11.5. The van der Waals surface area contributed by atoms with E-state index < -0.39 is 5.97 Å². The summed E-state index contributed by atoms with van der Waals surface area (Å²) in [6, 6.07) is 3.72. The van der Waals surface area contributed by atoms with Crippen LogP contribution < -0.4 is 0 Å². The second-order valence-corrected chi connectivity index (χ2v) is 7.16. The fourth-order valence-electron chi connectivity index (χ4n) is 3.85. The third-order valence-electron chi connectivity index (χ3n) is 5.50. The highest BCUT2D eigenvalue weighted by molar-refractivity contribution is 5.95. The highest BCUT2D eigenvalue weighted by atomic mass is 16.4. The minimum absolute atomic E-state index is 0.0301. The zero-order valence-corrected chi connectivity index (χ0v) is 14.5. The maximum Gasteiger partial charge on any atom is 0.337 e. The van der Waals surface area contributed by atoms with Gasteiger partial charge in [-0.1, -0.05) is 13.3 Å². The van der Waals surface area contributed by atoms with Crippen molar-refractivity contribution in [3.05, 3.63) is 29.1 Å². The molecule has 2 aliphatic rings. The summed E-state index contributed by atoms with van der Waals surface area (Å²) in [5.74, 6) is -0.235. The van der Waals surface area contributed by atoms with Crippen molar-refractivity contribution in [3.8, 4) is 0 Å². The molecule has 5 nitrogen and oxygen atoms in total. The summed E-state index contributed by atoms with van der Waals surface area (Å²) in [5.41, 5.74) is 0.939. The molecule has 1 aromatic rings. The summed E-state index contributed by atoms with van der Waals surface area (Å²) in [4.78, 5) is 30.5. The molecule has 0 bridgehead atoms. The molecule has 0 radical (unpaired) electrons. The first-order valence-corrected chi connectivity index (χ1v) is 9.04. The van der Waals surface area contributed by atoms with Gasteiger partial charge in [-0.2, -0.15) is 0 Å².